The molecule has 0 saturated heterocycles. The van der Waals surface area contributed by atoms with E-state index in [-0.39, 0.29) is 6.03 Å². The molecule has 2 amide bonds. The summed E-state index contributed by atoms with van der Waals surface area (Å²) in [4.78, 5) is 11.7. The molecule has 0 heterocycles. The Bertz CT molecular complexity index is 627. The Morgan fingerprint density at radius 3 is 2.50 bits per heavy atom. The molecule has 0 saturated carbocycles. The van der Waals surface area contributed by atoms with Crippen LogP contribution in [0.5, 0.6) is 5.75 Å². The Hall–Kier alpha value is -2.49. The first-order valence-corrected chi connectivity index (χ1v) is 8.43. The average Bonchev–Trinajstić information content (AvgIpc) is 2.60. The molecule has 2 N–H and O–H groups in total. The smallest absolute Gasteiger partial charge is 0.314 e. The molecule has 0 atom stereocenters. The van der Waals surface area contributed by atoms with E-state index in [2.05, 4.69) is 42.7 Å². The minimum Gasteiger partial charge on any atom is -0.492 e. The zero-order chi connectivity index (χ0) is 17.2. The molecule has 2 aromatic rings. The van der Waals surface area contributed by atoms with Crippen LogP contribution < -0.4 is 15.4 Å². The quantitative estimate of drug-likeness (QED) is 0.726. The van der Waals surface area contributed by atoms with E-state index in [4.69, 9.17) is 4.74 Å². The highest BCUT2D eigenvalue weighted by molar-refractivity contribution is 5.73. The van der Waals surface area contributed by atoms with Crippen molar-refractivity contribution >= 4 is 6.03 Å². The lowest BCUT2D eigenvalue weighted by molar-refractivity contribution is 0.236. The van der Waals surface area contributed by atoms with E-state index in [1.54, 1.807) is 0 Å². The second-order valence-electron chi connectivity index (χ2n) is 5.99. The van der Waals surface area contributed by atoms with Crippen molar-refractivity contribution in [2.75, 3.05) is 19.7 Å². The van der Waals surface area contributed by atoms with Gasteiger partial charge in [0.05, 0.1) is 6.54 Å². The maximum atomic E-state index is 11.7. The van der Waals surface area contributed by atoms with Crippen LogP contribution in [0.1, 0.15) is 30.9 Å². The van der Waals surface area contributed by atoms with E-state index in [0.29, 0.717) is 25.6 Å². The van der Waals surface area contributed by atoms with Crippen LogP contribution in [0.25, 0.3) is 0 Å². The van der Waals surface area contributed by atoms with Crippen LogP contribution in [-0.2, 0) is 6.42 Å². The number of hydrogen-bond acceptors (Lipinski definition) is 2. The monoisotopic (exact) mass is 326 g/mol. The van der Waals surface area contributed by atoms with Gasteiger partial charge >= 0.3 is 6.03 Å². The predicted octanol–water partition coefficient (Wildman–Crippen LogP) is 3.73. The summed E-state index contributed by atoms with van der Waals surface area (Å²) >= 11 is 0. The molecule has 24 heavy (non-hydrogen) atoms. The molecule has 0 radical (unpaired) electrons. The predicted molar refractivity (Wildman–Crippen MR) is 97.6 cm³/mol. The molecule has 4 nitrogen and oxygen atoms in total. The van der Waals surface area contributed by atoms with Crippen LogP contribution in [0.3, 0.4) is 0 Å². The van der Waals surface area contributed by atoms with Crippen molar-refractivity contribution < 1.29 is 9.53 Å². The topological polar surface area (TPSA) is 50.4 Å². The minimum atomic E-state index is -0.162. The van der Waals surface area contributed by atoms with Crippen LogP contribution in [0.15, 0.2) is 54.6 Å². The molecule has 2 aromatic carbocycles. The van der Waals surface area contributed by atoms with E-state index in [9.17, 15) is 4.79 Å². The third-order valence-electron chi connectivity index (χ3n) is 3.72. The summed E-state index contributed by atoms with van der Waals surface area (Å²) in [6.45, 7) is 5.85. The molecule has 0 bridgehead atoms. The lowest BCUT2D eigenvalue weighted by Crippen LogP contribution is -2.38. The molecule has 128 valence electrons. The summed E-state index contributed by atoms with van der Waals surface area (Å²) in [5.74, 6) is 1.31. The van der Waals surface area contributed by atoms with Gasteiger partial charge in [0.25, 0.3) is 0 Å². The Labute approximate surface area is 144 Å². The molecule has 0 aromatic heterocycles. The van der Waals surface area contributed by atoms with E-state index in [0.717, 1.165) is 12.2 Å². The molecule has 0 aliphatic heterocycles. The number of benzene rings is 2. The molecule has 0 spiro atoms. The van der Waals surface area contributed by atoms with Crippen LogP contribution in [-0.4, -0.2) is 25.7 Å². The number of ether oxygens (including phenoxy) is 1. The van der Waals surface area contributed by atoms with Crippen molar-refractivity contribution in [3.05, 3.63) is 65.7 Å². The van der Waals surface area contributed by atoms with Crippen LogP contribution >= 0.6 is 0 Å². The summed E-state index contributed by atoms with van der Waals surface area (Å²) in [6.07, 6.45) is 0.826. The van der Waals surface area contributed by atoms with Gasteiger partial charge in [-0.15, -0.1) is 0 Å². The summed E-state index contributed by atoms with van der Waals surface area (Å²) in [5.41, 5.74) is 2.46. The van der Waals surface area contributed by atoms with E-state index < -0.39 is 0 Å². The molecule has 0 fully saturated rings. The number of carbonyl (C=O) groups excluding carboxylic acids is 1. The maximum Gasteiger partial charge on any atom is 0.314 e. The zero-order valence-electron chi connectivity index (χ0n) is 14.4. The molecule has 2 rings (SSSR count). The Morgan fingerprint density at radius 1 is 1.00 bits per heavy atom. The summed E-state index contributed by atoms with van der Waals surface area (Å²) in [6, 6.07) is 18.0. The fraction of sp³-hybridized carbons (Fsp3) is 0.350. The van der Waals surface area contributed by atoms with Gasteiger partial charge in [0.2, 0.25) is 0 Å². The largest absolute Gasteiger partial charge is 0.492 e. The second-order valence-corrected chi connectivity index (χ2v) is 5.99. The fourth-order valence-corrected chi connectivity index (χ4v) is 2.32. The summed E-state index contributed by atoms with van der Waals surface area (Å²) < 4.78 is 5.68. The Balaban J connectivity index is 1.60. The molecule has 0 aliphatic rings. The van der Waals surface area contributed by atoms with Crippen molar-refractivity contribution in [3.8, 4) is 5.75 Å². The third-order valence-corrected chi connectivity index (χ3v) is 3.72. The number of urea groups is 1. The first-order valence-electron chi connectivity index (χ1n) is 8.43. The molecule has 0 aliphatic carbocycles. The van der Waals surface area contributed by atoms with Crippen molar-refractivity contribution in [1.29, 1.82) is 0 Å². The highest BCUT2D eigenvalue weighted by Gasteiger charge is 2.02. The summed E-state index contributed by atoms with van der Waals surface area (Å²) in [7, 11) is 0. The van der Waals surface area contributed by atoms with Gasteiger partial charge < -0.3 is 15.4 Å². The normalized spacial score (nSPS) is 10.5. The molecular formula is C20H26N2O2. The first-order chi connectivity index (χ1) is 11.6. The Kier molecular flexibility index (Phi) is 7.15. The minimum absolute atomic E-state index is 0.162. The van der Waals surface area contributed by atoms with E-state index >= 15 is 0 Å². The Morgan fingerprint density at radius 2 is 1.75 bits per heavy atom. The van der Waals surface area contributed by atoms with Gasteiger partial charge in [-0.3, -0.25) is 0 Å². The maximum absolute atomic E-state index is 11.7. The second kappa shape index (κ2) is 9.60. The highest BCUT2D eigenvalue weighted by atomic mass is 16.5. The molecule has 0 unspecified atom stereocenters. The average molecular weight is 326 g/mol. The number of carbonyl (C=O) groups is 1. The van der Waals surface area contributed by atoms with Gasteiger partial charge in [-0.1, -0.05) is 56.3 Å². The number of nitrogens with one attached hydrogen (secondary N) is 2. The van der Waals surface area contributed by atoms with Crippen LogP contribution in [0.4, 0.5) is 4.79 Å². The molecular weight excluding hydrogens is 300 g/mol. The highest BCUT2D eigenvalue weighted by Crippen LogP contribution is 2.19. The SMILES string of the molecule is CC(C)c1cccc(OCCNC(=O)NCCc2ccccc2)c1. The van der Waals surface area contributed by atoms with E-state index in [1.807, 2.05) is 36.4 Å². The zero-order valence-corrected chi connectivity index (χ0v) is 14.4. The van der Waals surface area contributed by atoms with Crippen molar-refractivity contribution in [2.24, 2.45) is 0 Å². The van der Waals surface area contributed by atoms with Gasteiger partial charge in [-0.25, -0.2) is 4.79 Å². The third kappa shape index (κ3) is 6.32. The lowest BCUT2D eigenvalue weighted by atomic mass is 10.0. The first kappa shape index (κ1) is 17.9. The van der Waals surface area contributed by atoms with Gasteiger partial charge in [0.1, 0.15) is 12.4 Å². The van der Waals surface area contributed by atoms with Gasteiger partial charge in [-0.05, 0) is 35.6 Å². The number of rotatable bonds is 8. The number of hydrogen-bond donors (Lipinski definition) is 2. The van der Waals surface area contributed by atoms with E-state index in [1.165, 1.54) is 11.1 Å². The van der Waals surface area contributed by atoms with Crippen LogP contribution in [0.2, 0.25) is 0 Å². The molecule has 4 heteroatoms. The van der Waals surface area contributed by atoms with Crippen molar-refractivity contribution in [2.45, 2.75) is 26.2 Å². The lowest BCUT2D eigenvalue weighted by Gasteiger charge is -2.11. The van der Waals surface area contributed by atoms with Gasteiger partial charge in [-0.2, -0.15) is 0 Å². The van der Waals surface area contributed by atoms with Crippen molar-refractivity contribution in [1.82, 2.24) is 10.6 Å². The summed E-state index contributed by atoms with van der Waals surface area (Å²) in [5, 5.41) is 5.65. The van der Waals surface area contributed by atoms with Gasteiger partial charge in [0, 0.05) is 6.54 Å². The number of amides is 2. The fourth-order valence-electron chi connectivity index (χ4n) is 2.32. The van der Waals surface area contributed by atoms with Crippen LogP contribution in [0, 0.1) is 0 Å². The van der Waals surface area contributed by atoms with Crippen molar-refractivity contribution in [3.63, 3.8) is 0 Å². The standard InChI is InChI=1S/C20H26N2O2/c1-16(2)18-9-6-10-19(15-18)24-14-13-22-20(23)21-12-11-17-7-4-3-5-8-17/h3-10,15-16H,11-14H2,1-2H3,(H2,21,22,23). The van der Waals surface area contributed by atoms with Gasteiger partial charge in [0.15, 0.2) is 0 Å².